The zero-order valence-electron chi connectivity index (χ0n) is 9.03. The highest BCUT2D eigenvalue weighted by atomic mass is 16.5. The Morgan fingerprint density at radius 1 is 1.31 bits per heavy atom. The fraction of sp³-hybridized carbons (Fsp3) is 0.273. The third-order valence-corrected chi connectivity index (χ3v) is 1.93. The summed E-state index contributed by atoms with van der Waals surface area (Å²) >= 11 is 0. The summed E-state index contributed by atoms with van der Waals surface area (Å²) in [6.45, 7) is 2.06. The van der Waals surface area contributed by atoms with Crippen LogP contribution in [0.15, 0.2) is 24.3 Å². The van der Waals surface area contributed by atoms with Crippen molar-refractivity contribution in [2.24, 2.45) is 5.73 Å². The van der Waals surface area contributed by atoms with Crippen LogP contribution in [-0.2, 0) is 11.2 Å². The second-order valence-corrected chi connectivity index (χ2v) is 3.30. The number of carbonyl (C=O) groups excluding carboxylic acids is 2. The van der Waals surface area contributed by atoms with Crippen LogP contribution in [0.1, 0.15) is 12.5 Å². The van der Waals surface area contributed by atoms with E-state index in [1.165, 1.54) is 6.92 Å². The number of ether oxygens (including phenoxy) is 1. The van der Waals surface area contributed by atoms with E-state index in [2.05, 4.69) is 10.1 Å². The summed E-state index contributed by atoms with van der Waals surface area (Å²) in [5, 5.41) is 2.70. The van der Waals surface area contributed by atoms with Crippen molar-refractivity contribution in [1.82, 2.24) is 5.32 Å². The zero-order valence-corrected chi connectivity index (χ0v) is 9.03. The molecule has 0 radical (unpaired) electrons. The highest BCUT2D eigenvalue weighted by molar-refractivity contribution is 5.72. The molecule has 86 valence electrons. The molecule has 0 aromatic heterocycles. The van der Waals surface area contributed by atoms with E-state index in [4.69, 9.17) is 5.73 Å². The van der Waals surface area contributed by atoms with Crippen molar-refractivity contribution in [3.63, 3.8) is 0 Å². The first-order valence-corrected chi connectivity index (χ1v) is 4.88. The highest BCUT2D eigenvalue weighted by Crippen LogP contribution is 2.12. The number of nitrogens with two attached hydrogens (primary N) is 1. The zero-order chi connectivity index (χ0) is 12.0. The van der Waals surface area contributed by atoms with Crippen LogP contribution in [0.4, 0.5) is 4.79 Å². The van der Waals surface area contributed by atoms with Crippen LogP contribution in [0.2, 0.25) is 0 Å². The minimum Gasteiger partial charge on any atom is -0.411 e. The lowest BCUT2D eigenvalue weighted by atomic mass is 10.1. The van der Waals surface area contributed by atoms with E-state index >= 15 is 0 Å². The van der Waals surface area contributed by atoms with Crippen molar-refractivity contribution < 1.29 is 14.3 Å². The van der Waals surface area contributed by atoms with Crippen LogP contribution < -0.4 is 15.8 Å². The Morgan fingerprint density at radius 3 is 2.44 bits per heavy atom. The van der Waals surface area contributed by atoms with Crippen molar-refractivity contribution >= 4 is 12.0 Å². The van der Waals surface area contributed by atoms with Gasteiger partial charge in [-0.05, 0) is 24.1 Å². The monoisotopic (exact) mass is 222 g/mol. The molecule has 5 heteroatoms. The van der Waals surface area contributed by atoms with Crippen molar-refractivity contribution in [1.29, 1.82) is 0 Å². The molecule has 0 aliphatic heterocycles. The molecule has 5 nitrogen and oxygen atoms in total. The fourth-order valence-electron chi connectivity index (χ4n) is 1.22. The van der Waals surface area contributed by atoms with Gasteiger partial charge in [-0.1, -0.05) is 12.1 Å². The van der Waals surface area contributed by atoms with E-state index in [1.54, 1.807) is 12.1 Å². The van der Waals surface area contributed by atoms with E-state index in [0.29, 0.717) is 12.3 Å². The maximum absolute atomic E-state index is 10.6. The first-order chi connectivity index (χ1) is 7.58. The molecule has 0 bridgehead atoms. The molecule has 0 spiro atoms. The van der Waals surface area contributed by atoms with Gasteiger partial charge in [0.25, 0.3) is 0 Å². The number of carbonyl (C=O) groups is 2. The first-order valence-electron chi connectivity index (χ1n) is 4.88. The smallest absolute Gasteiger partial charge is 0.409 e. The fourth-order valence-corrected chi connectivity index (χ4v) is 1.22. The van der Waals surface area contributed by atoms with Crippen LogP contribution in [0.3, 0.4) is 0 Å². The van der Waals surface area contributed by atoms with Gasteiger partial charge in [0.2, 0.25) is 5.91 Å². The number of hydrogen-bond acceptors (Lipinski definition) is 3. The maximum atomic E-state index is 10.6. The maximum Gasteiger partial charge on any atom is 0.409 e. The van der Waals surface area contributed by atoms with Gasteiger partial charge in [-0.25, -0.2) is 4.79 Å². The molecule has 0 aliphatic carbocycles. The SMILES string of the molecule is CC(=O)NCCc1ccc(OC(N)=O)cc1. The van der Waals surface area contributed by atoms with Gasteiger partial charge in [0.15, 0.2) is 0 Å². The topological polar surface area (TPSA) is 81.4 Å². The Balaban J connectivity index is 2.45. The van der Waals surface area contributed by atoms with E-state index in [1.807, 2.05) is 12.1 Å². The molecule has 1 aromatic rings. The van der Waals surface area contributed by atoms with Gasteiger partial charge in [0.05, 0.1) is 0 Å². The molecule has 1 rings (SSSR count). The summed E-state index contributed by atoms with van der Waals surface area (Å²) in [6, 6.07) is 6.96. The number of amides is 2. The number of hydrogen-bond donors (Lipinski definition) is 2. The molecule has 3 N–H and O–H groups in total. The van der Waals surface area contributed by atoms with Crippen LogP contribution in [0.25, 0.3) is 0 Å². The quantitative estimate of drug-likeness (QED) is 0.791. The molecule has 16 heavy (non-hydrogen) atoms. The lowest BCUT2D eigenvalue weighted by Gasteiger charge is -2.04. The van der Waals surface area contributed by atoms with Gasteiger partial charge in [-0.3, -0.25) is 4.79 Å². The number of benzene rings is 1. The second-order valence-electron chi connectivity index (χ2n) is 3.30. The van der Waals surface area contributed by atoms with Gasteiger partial charge in [0.1, 0.15) is 5.75 Å². The lowest BCUT2D eigenvalue weighted by molar-refractivity contribution is -0.118. The predicted octanol–water partition coefficient (Wildman–Crippen LogP) is 0.823. The van der Waals surface area contributed by atoms with Crippen LogP contribution >= 0.6 is 0 Å². The summed E-state index contributed by atoms with van der Waals surface area (Å²) in [5.74, 6) is 0.365. The predicted molar refractivity (Wildman–Crippen MR) is 59.0 cm³/mol. The van der Waals surface area contributed by atoms with Crippen molar-refractivity contribution in [3.8, 4) is 5.75 Å². The Hall–Kier alpha value is -2.04. The molecule has 0 saturated heterocycles. The number of rotatable bonds is 4. The minimum atomic E-state index is -0.828. The van der Waals surface area contributed by atoms with Gasteiger partial charge >= 0.3 is 6.09 Å². The molecule has 0 atom stereocenters. The largest absolute Gasteiger partial charge is 0.411 e. The van der Waals surface area contributed by atoms with Crippen molar-refractivity contribution in [2.45, 2.75) is 13.3 Å². The van der Waals surface area contributed by atoms with Gasteiger partial charge in [-0.2, -0.15) is 0 Å². The molecule has 0 saturated carbocycles. The summed E-state index contributed by atoms with van der Waals surface area (Å²) in [7, 11) is 0. The molecule has 0 heterocycles. The molecular weight excluding hydrogens is 208 g/mol. The molecule has 0 unspecified atom stereocenters. The van der Waals surface area contributed by atoms with Crippen LogP contribution in [0.5, 0.6) is 5.75 Å². The summed E-state index contributed by atoms with van der Waals surface area (Å²) < 4.78 is 4.68. The summed E-state index contributed by atoms with van der Waals surface area (Å²) in [4.78, 5) is 21.1. The van der Waals surface area contributed by atoms with E-state index in [9.17, 15) is 9.59 Å². The normalized spacial score (nSPS) is 9.56. The first kappa shape index (κ1) is 12.0. The van der Waals surface area contributed by atoms with E-state index < -0.39 is 6.09 Å². The average molecular weight is 222 g/mol. The van der Waals surface area contributed by atoms with Gasteiger partial charge in [0, 0.05) is 13.5 Å². The molecular formula is C11H14N2O3. The molecule has 0 aliphatic rings. The Labute approximate surface area is 93.6 Å². The van der Waals surface area contributed by atoms with Gasteiger partial charge < -0.3 is 15.8 Å². The van der Waals surface area contributed by atoms with Gasteiger partial charge in [-0.15, -0.1) is 0 Å². The Kier molecular flexibility index (Phi) is 4.32. The molecule has 2 amide bonds. The lowest BCUT2D eigenvalue weighted by Crippen LogP contribution is -2.22. The molecule has 0 fully saturated rings. The molecule has 1 aromatic carbocycles. The number of primary amides is 1. The second kappa shape index (κ2) is 5.75. The number of nitrogens with one attached hydrogen (secondary N) is 1. The standard InChI is InChI=1S/C11H14N2O3/c1-8(14)13-7-6-9-2-4-10(5-3-9)16-11(12)15/h2-5H,6-7H2,1H3,(H2,12,15)(H,13,14). The third-order valence-electron chi connectivity index (χ3n) is 1.93. The van der Waals surface area contributed by atoms with Crippen LogP contribution in [-0.4, -0.2) is 18.5 Å². The third kappa shape index (κ3) is 4.45. The summed E-state index contributed by atoms with van der Waals surface area (Å²) in [6.07, 6.45) is -0.0952. The summed E-state index contributed by atoms with van der Waals surface area (Å²) in [5.41, 5.74) is 5.91. The van der Waals surface area contributed by atoms with Crippen LogP contribution in [0, 0.1) is 0 Å². The van der Waals surface area contributed by atoms with Crippen molar-refractivity contribution in [2.75, 3.05) is 6.54 Å². The minimum absolute atomic E-state index is 0.0475. The highest BCUT2D eigenvalue weighted by Gasteiger charge is 1.99. The van der Waals surface area contributed by atoms with E-state index in [-0.39, 0.29) is 5.91 Å². The van der Waals surface area contributed by atoms with E-state index in [0.717, 1.165) is 12.0 Å². The Bertz CT molecular complexity index is 373. The van der Waals surface area contributed by atoms with Crippen molar-refractivity contribution in [3.05, 3.63) is 29.8 Å². The average Bonchev–Trinajstić information content (AvgIpc) is 2.19. The Morgan fingerprint density at radius 2 is 1.94 bits per heavy atom.